The maximum Gasteiger partial charge on any atom is 0.124 e. The molecule has 0 saturated heterocycles. The summed E-state index contributed by atoms with van der Waals surface area (Å²) in [5.41, 5.74) is 2.84. The summed E-state index contributed by atoms with van der Waals surface area (Å²) in [6.07, 6.45) is 1.58. The molecule has 0 fully saturated rings. The van der Waals surface area contributed by atoms with Gasteiger partial charge < -0.3 is 4.52 Å². The summed E-state index contributed by atoms with van der Waals surface area (Å²) < 4.78 is 4.83. The molecule has 102 valence electrons. The smallest absolute Gasteiger partial charge is 0.124 e. The van der Waals surface area contributed by atoms with Gasteiger partial charge >= 0.3 is 0 Å². The Morgan fingerprint density at radius 1 is 1.10 bits per heavy atom. The summed E-state index contributed by atoms with van der Waals surface area (Å²) in [6, 6.07) is 11.7. The molecule has 0 amide bonds. The van der Waals surface area contributed by atoms with Crippen LogP contribution in [0.3, 0.4) is 0 Å². The van der Waals surface area contributed by atoms with Crippen molar-refractivity contribution in [3.05, 3.63) is 59.1 Å². The van der Waals surface area contributed by atoms with E-state index in [1.54, 1.807) is 6.26 Å². The van der Waals surface area contributed by atoms with Crippen molar-refractivity contribution in [1.29, 1.82) is 0 Å². The van der Waals surface area contributed by atoms with Gasteiger partial charge in [-0.3, -0.25) is 9.88 Å². The summed E-state index contributed by atoms with van der Waals surface area (Å²) in [5, 5.41) is 5.71. The number of nitrogens with zero attached hydrogens (tertiary/aromatic N) is 3. The largest absolute Gasteiger partial charge is 0.364 e. The minimum Gasteiger partial charge on any atom is -0.364 e. The van der Waals surface area contributed by atoms with Crippen LogP contribution in [0.25, 0.3) is 10.9 Å². The predicted molar refractivity (Wildman–Crippen MR) is 78.4 cm³/mol. The third kappa shape index (κ3) is 2.98. The number of aromatic nitrogens is 2. The van der Waals surface area contributed by atoms with Gasteiger partial charge in [-0.1, -0.05) is 28.9 Å². The first-order valence-electron chi connectivity index (χ1n) is 6.34. The van der Waals surface area contributed by atoms with Crippen LogP contribution in [-0.2, 0) is 13.1 Å². The quantitative estimate of drug-likeness (QED) is 0.736. The molecule has 0 bridgehead atoms. The number of pyridine rings is 1. The fraction of sp³-hybridized carbons (Fsp3) is 0.200. The van der Waals surface area contributed by atoms with Crippen LogP contribution < -0.4 is 0 Å². The molecule has 0 N–H and O–H groups in total. The predicted octanol–water partition coefficient (Wildman–Crippen LogP) is 3.51. The van der Waals surface area contributed by atoms with E-state index in [1.165, 1.54) is 0 Å². The van der Waals surface area contributed by atoms with Gasteiger partial charge in [0.25, 0.3) is 0 Å². The molecule has 3 aromatic rings. The molecule has 0 aliphatic carbocycles. The van der Waals surface area contributed by atoms with Gasteiger partial charge in [0.1, 0.15) is 6.26 Å². The Kier molecular flexibility index (Phi) is 3.67. The van der Waals surface area contributed by atoms with E-state index >= 15 is 0 Å². The van der Waals surface area contributed by atoms with E-state index in [0.717, 1.165) is 35.4 Å². The van der Waals surface area contributed by atoms with Crippen LogP contribution in [-0.4, -0.2) is 22.1 Å². The first kappa shape index (κ1) is 13.1. The highest BCUT2D eigenvalue weighted by atomic mass is 35.5. The molecular weight excluding hydrogens is 274 g/mol. The number of fused-ring (bicyclic) bond motifs is 1. The molecule has 0 atom stereocenters. The van der Waals surface area contributed by atoms with E-state index in [0.29, 0.717) is 5.02 Å². The SMILES string of the molecule is CN(Cc1ccon1)Cc1ccc2ccc(Cl)cc2n1. The molecular formula is C15H14ClN3O. The van der Waals surface area contributed by atoms with Crippen LogP contribution in [0.2, 0.25) is 5.02 Å². The molecule has 3 rings (SSSR count). The summed E-state index contributed by atoms with van der Waals surface area (Å²) in [7, 11) is 2.03. The second kappa shape index (κ2) is 5.61. The Labute approximate surface area is 122 Å². The van der Waals surface area contributed by atoms with Crippen molar-refractivity contribution in [2.45, 2.75) is 13.1 Å². The first-order valence-corrected chi connectivity index (χ1v) is 6.71. The maximum atomic E-state index is 6.00. The molecule has 5 heteroatoms. The van der Waals surface area contributed by atoms with E-state index in [1.807, 2.05) is 37.4 Å². The van der Waals surface area contributed by atoms with Crippen LogP contribution in [0.4, 0.5) is 0 Å². The Hall–Kier alpha value is -1.91. The lowest BCUT2D eigenvalue weighted by molar-refractivity contribution is 0.300. The normalized spacial score (nSPS) is 11.3. The number of hydrogen-bond donors (Lipinski definition) is 0. The Morgan fingerprint density at radius 2 is 1.90 bits per heavy atom. The number of hydrogen-bond acceptors (Lipinski definition) is 4. The minimum absolute atomic E-state index is 0.707. The Morgan fingerprint density at radius 3 is 2.70 bits per heavy atom. The topological polar surface area (TPSA) is 42.2 Å². The highest BCUT2D eigenvalue weighted by Crippen LogP contribution is 2.18. The zero-order valence-electron chi connectivity index (χ0n) is 11.1. The lowest BCUT2D eigenvalue weighted by Crippen LogP contribution is -2.18. The fourth-order valence-electron chi connectivity index (χ4n) is 2.15. The highest BCUT2D eigenvalue weighted by Gasteiger charge is 2.06. The highest BCUT2D eigenvalue weighted by molar-refractivity contribution is 6.31. The van der Waals surface area contributed by atoms with Gasteiger partial charge in [0.2, 0.25) is 0 Å². The molecule has 0 aliphatic heterocycles. The molecule has 0 spiro atoms. The number of halogens is 1. The van der Waals surface area contributed by atoms with Gasteiger partial charge in [0.15, 0.2) is 0 Å². The third-order valence-electron chi connectivity index (χ3n) is 3.07. The average molecular weight is 288 g/mol. The molecule has 20 heavy (non-hydrogen) atoms. The molecule has 1 aromatic carbocycles. The van der Waals surface area contributed by atoms with Gasteiger partial charge in [-0.25, -0.2) is 0 Å². The van der Waals surface area contributed by atoms with Gasteiger partial charge in [0.05, 0.1) is 16.9 Å². The van der Waals surface area contributed by atoms with E-state index in [9.17, 15) is 0 Å². The second-order valence-corrected chi connectivity index (χ2v) is 5.24. The van der Waals surface area contributed by atoms with Gasteiger partial charge in [0, 0.05) is 29.6 Å². The van der Waals surface area contributed by atoms with Gasteiger partial charge in [-0.05, 0) is 25.2 Å². The van der Waals surface area contributed by atoms with Crippen molar-refractivity contribution in [3.8, 4) is 0 Å². The average Bonchev–Trinajstić information content (AvgIpc) is 2.91. The van der Waals surface area contributed by atoms with Crippen LogP contribution in [0.15, 0.2) is 47.2 Å². The van der Waals surface area contributed by atoms with Crippen molar-refractivity contribution in [2.24, 2.45) is 0 Å². The van der Waals surface area contributed by atoms with Crippen LogP contribution >= 0.6 is 11.6 Å². The van der Waals surface area contributed by atoms with Crippen molar-refractivity contribution in [3.63, 3.8) is 0 Å². The van der Waals surface area contributed by atoms with Crippen LogP contribution in [0.1, 0.15) is 11.4 Å². The van der Waals surface area contributed by atoms with E-state index < -0.39 is 0 Å². The standard InChI is InChI=1S/C15H14ClN3O/c1-19(10-14-6-7-20-18-14)9-13-5-3-11-2-4-12(16)8-15(11)17-13/h2-8H,9-10H2,1H3. The maximum absolute atomic E-state index is 6.00. The lowest BCUT2D eigenvalue weighted by Gasteiger charge is -2.14. The van der Waals surface area contributed by atoms with Crippen LogP contribution in [0.5, 0.6) is 0 Å². The van der Waals surface area contributed by atoms with E-state index in [-0.39, 0.29) is 0 Å². The number of benzene rings is 1. The van der Waals surface area contributed by atoms with Crippen molar-refractivity contribution >= 4 is 22.5 Å². The Bertz CT molecular complexity index is 712. The third-order valence-corrected chi connectivity index (χ3v) is 3.30. The molecule has 2 aromatic heterocycles. The molecule has 4 nitrogen and oxygen atoms in total. The van der Waals surface area contributed by atoms with E-state index in [2.05, 4.69) is 21.1 Å². The fourth-order valence-corrected chi connectivity index (χ4v) is 2.32. The summed E-state index contributed by atoms with van der Waals surface area (Å²) >= 11 is 6.00. The first-order chi connectivity index (χ1) is 9.70. The molecule has 2 heterocycles. The van der Waals surface area contributed by atoms with Crippen molar-refractivity contribution in [1.82, 2.24) is 15.0 Å². The second-order valence-electron chi connectivity index (χ2n) is 4.80. The zero-order valence-corrected chi connectivity index (χ0v) is 11.8. The molecule has 0 unspecified atom stereocenters. The van der Waals surface area contributed by atoms with Gasteiger partial charge in [-0.2, -0.15) is 0 Å². The number of rotatable bonds is 4. The lowest BCUT2D eigenvalue weighted by atomic mass is 10.2. The van der Waals surface area contributed by atoms with E-state index in [4.69, 9.17) is 16.1 Å². The Balaban J connectivity index is 1.76. The molecule has 0 radical (unpaired) electrons. The monoisotopic (exact) mass is 287 g/mol. The summed E-state index contributed by atoms with van der Waals surface area (Å²) in [5.74, 6) is 0. The zero-order chi connectivity index (χ0) is 13.9. The van der Waals surface area contributed by atoms with Gasteiger partial charge in [-0.15, -0.1) is 0 Å². The molecule has 0 aliphatic rings. The summed E-state index contributed by atoms with van der Waals surface area (Å²) in [6.45, 7) is 1.47. The minimum atomic E-state index is 0.707. The van der Waals surface area contributed by atoms with Crippen molar-refractivity contribution < 1.29 is 4.52 Å². The van der Waals surface area contributed by atoms with Crippen LogP contribution in [0, 0.1) is 0 Å². The molecule has 0 saturated carbocycles. The van der Waals surface area contributed by atoms with Crippen molar-refractivity contribution in [2.75, 3.05) is 7.05 Å². The summed E-state index contributed by atoms with van der Waals surface area (Å²) in [4.78, 5) is 6.77.